The summed E-state index contributed by atoms with van der Waals surface area (Å²) >= 11 is 0. The fraction of sp³-hybridized carbons (Fsp3) is 1.00. The van der Waals surface area contributed by atoms with Gasteiger partial charge in [0.05, 0.1) is 0 Å². The number of aliphatic hydroxyl groups excluding tert-OH is 1. The Balaban J connectivity index is 4.09. The third-order valence-corrected chi connectivity index (χ3v) is 1.79. The summed E-state index contributed by atoms with van der Waals surface area (Å²) in [6, 6.07) is 0. The smallest absolute Gasteiger partial charge is 0.193 e. The van der Waals surface area contributed by atoms with E-state index < -0.39 is 22.8 Å². The van der Waals surface area contributed by atoms with Gasteiger partial charge in [0.2, 0.25) is 0 Å². The van der Waals surface area contributed by atoms with Crippen LogP contribution in [-0.2, 0) is 0 Å². The van der Waals surface area contributed by atoms with Crippen molar-refractivity contribution in [3.63, 3.8) is 0 Å². The summed E-state index contributed by atoms with van der Waals surface area (Å²) in [5.41, 5.74) is -2.56. The lowest BCUT2D eigenvalue weighted by Crippen LogP contribution is -2.45. The van der Waals surface area contributed by atoms with Gasteiger partial charge in [-0.25, -0.2) is 0 Å². The molecule has 0 heterocycles. The Labute approximate surface area is 73.3 Å². The second-order valence-electron chi connectivity index (χ2n) is 2.86. The predicted molar refractivity (Wildman–Crippen MR) is 37.5 cm³/mol. The van der Waals surface area contributed by atoms with Gasteiger partial charge in [-0.3, -0.25) is 0 Å². The van der Waals surface area contributed by atoms with Crippen LogP contribution in [0.4, 0.5) is 17.9 Å². The maximum absolute atomic E-state index is 12.0. The molecule has 0 aliphatic heterocycles. The fourth-order valence-electron chi connectivity index (χ4n) is 0.798. The maximum atomic E-state index is 12.0. The van der Waals surface area contributed by atoms with Crippen LogP contribution in [0.15, 0.2) is 0 Å². The van der Waals surface area contributed by atoms with Gasteiger partial charge in [-0.15, -0.1) is 0 Å². The SMILES string of the molecule is CC(CCCCO)(N(F)F)N(F)F. The molecule has 0 aliphatic rings. The average molecular weight is 204 g/mol. The molecular weight excluding hydrogens is 192 g/mol. The predicted octanol–water partition coefficient (Wildman–Crippen LogP) is 2.01. The monoisotopic (exact) mass is 204 g/mol. The van der Waals surface area contributed by atoms with Gasteiger partial charge < -0.3 is 5.11 Å². The van der Waals surface area contributed by atoms with Crippen LogP contribution in [0.5, 0.6) is 0 Å². The van der Waals surface area contributed by atoms with E-state index in [9.17, 15) is 17.9 Å². The van der Waals surface area contributed by atoms with Gasteiger partial charge in [-0.1, -0.05) is 17.9 Å². The van der Waals surface area contributed by atoms with Crippen molar-refractivity contribution in [2.45, 2.75) is 31.8 Å². The van der Waals surface area contributed by atoms with E-state index in [0.717, 1.165) is 6.92 Å². The Bertz CT molecular complexity index is 137. The van der Waals surface area contributed by atoms with Crippen molar-refractivity contribution >= 4 is 0 Å². The fourth-order valence-corrected chi connectivity index (χ4v) is 0.798. The molecule has 7 heteroatoms. The minimum Gasteiger partial charge on any atom is -0.396 e. The van der Waals surface area contributed by atoms with E-state index in [1.165, 1.54) is 0 Å². The number of halogens is 4. The molecule has 0 fully saturated rings. The highest BCUT2D eigenvalue weighted by Crippen LogP contribution is 2.28. The van der Waals surface area contributed by atoms with Gasteiger partial charge in [0, 0.05) is 17.3 Å². The Kier molecular flexibility index (Phi) is 5.19. The molecule has 0 atom stereocenters. The van der Waals surface area contributed by atoms with Crippen LogP contribution in [0.25, 0.3) is 0 Å². The lowest BCUT2D eigenvalue weighted by Gasteiger charge is -2.28. The Morgan fingerprint density at radius 1 is 1.08 bits per heavy atom. The number of hydrogen-bond donors (Lipinski definition) is 1. The summed E-state index contributed by atoms with van der Waals surface area (Å²) in [7, 11) is 0. The molecule has 3 nitrogen and oxygen atoms in total. The van der Waals surface area contributed by atoms with Crippen molar-refractivity contribution in [3.05, 3.63) is 0 Å². The van der Waals surface area contributed by atoms with Gasteiger partial charge in [0.15, 0.2) is 5.66 Å². The van der Waals surface area contributed by atoms with E-state index in [0.29, 0.717) is 0 Å². The van der Waals surface area contributed by atoms with Crippen molar-refractivity contribution in [2.75, 3.05) is 6.61 Å². The Morgan fingerprint density at radius 2 is 1.54 bits per heavy atom. The summed E-state index contributed by atoms with van der Waals surface area (Å²) < 4.78 is 48.0. The molecule has 0 aromatic heterocycles. The van der Waals surface area contributed by atoms with Crippen LogP contribution in [0.1, 0.15) is 26.2 Å². The molecule has 0 aliphatic carbocycles. The molecule has 0 aromatic carbocycles. The molecule has 0 saturated heterocycles. The van der Waals surface area contributed by atoms with Crippen LogP contribution in [-0.4, -0.2) is 28.1 Å². The Morgan fingerprint density at radius 3 is 1.85 bits per heavy atom. The zero-order chi connectivity index (χ0) is 10.5. The molecule has 80 valence electrons. The number of aliphatic hydroxyl groups is 1. The first-order chi connectivity index (χ1) is 5.95. The molecule has 0 bridgehead atoms. The second kappa shape index (κ2) is 5.36. The van der Waals surface area contributed by atoms with Crippen molar-refractivity contribution in [3.8, 4) is 0 Å². The molecule has 0 amide bonds. The topological polar surface area (TPSA) is 26.7 Å². The van der Waals surface area contributed by atoms with E-state index in [-0.39, 0.29) is 19.4 Å². The first-order valence-corrected chi connectivity index (χ1v) is 3.79. The average Bonchev–Trinajstić information content (AvgIpc) is 2.03. The summed E-state index contributed by atoms with van der Waals surface area (Å²) in [6.07, 6.45) is -0.0630. The molecule has 0 saturated carbocycles. The van der Waals surface area contributed by atoms with Crippen molar-refractivity contribution < 1.29 is 23.0 Å². The van der Waals surface area contributed by atoms with Crippen LogP contribution in [0.3, 0.4) is 0 Å². The highest BCUT2D eigenvalue weighted by atomic mass is 19.4. The summed E-state index contributed by atoms with van der Waals surface area (Å²) in [6.45, 7) is 0.539. The van der Waals surface area contributed by atoms with E-state index >= 15 is 0 Å². The molecular formula is C6H12F4N2O. The van der Waals surface area contributed by atoms with E-state index in [2.05, 4.69) is 0 Å². The molecule has 0 aromatic rings. The van der Waals surface area contributed by atoms with Gasteiger partial charge in [-0.2, -0.15) is 0 Å². The number of rotatable bonds is 6. The van der Waals surface area contributed by atoms with Gasteiger partial charge in [0.25, 0.3) is 0 Å². The van der Waals surface area contributed by atoms with Gasteiger partial charge >= 0.3 is 0 Å². The Hall–Kier alpha value is -0.400. The van der Waals surface area contributed by atoms with Crippen LogP contribution in [0, 0.1) is 0 Å². The normalized spacial score (nSPS) is 12.9. The summed E-state index contributed by atoms with van der Waals surface area (Å²) in [5.74, 6) is 0. The quantitative estimate of drug-likeness (QED) is 0.310. The highest BCUT2D eigenvalue weighted by molar-refractivity contribution is 4.70. The maximum Gasteiger partial charge on any atom is 0.193 e. The minimum atomic E-state index is -2.56. The molecule has 13 heavy (non-hydrogen) atoms. The van der Waals surface area contributed by atoms with Gasteiger partial charge in [0.1, 0.15) is 0 Å². The number of nitrogens with zero attached hydrogens (tertiary/aromatic N) is 2. The van der Waals surface area contributed by atoms with E-state index in [1.807, 2.05) is 0 Å². The molecule has 1 N–H and O–H groups in total. The first kappa shape index (κ1) is 12.6. The van der Waals surface area contributed by atoms with Crippen molar-refractivity contribution in [1.82, 2.24) is 10.7 Å². The first-order valence-electron chi connectivity index (χ1n) is 3.79. The van der Waals surface area contributed by atoms with E-state index in [1.54, 1.807) is 0 Å². The second-order valence-corrected chi connectivity index (χ2v) is 2.86. The summed E-state index contributed by atoms with van der Waals surface area (Å²) in [5, 5.41) is 5.29. The minimum absolute atomic E-state index is 0.113. The van der Waals surface area contributed by atoms with Crippen molar-refractivity contribution in [2.24, 2.45) is 0 Å². The van der Waals surface area contributed by atoms with Crippen LogP contribution < -0.4 is 0 Å². The van der Waals surface area contributed by atoms with Gasteiger partial charge in [-0.05, 0) is 26.2 Å². The number of hydrogen-bond acceptors (Lipinski definition) is 3. The molecule has 0 rings (SSSR count). The zero-order valence-electron chi connectivity index (χ0n) is 7.18. The molecule has 0 radical (unpaired) electrons. The standard InChI is InChI=1S/C6H12F4N2O/c1-6(11(7)8,12(9)10)4-2-3-5-13/h13H,2-5H2,1H3. The third kappa shape index (κ3) is 3.45. The lowest BCUT2D eigenvalue weighted by molar-refractivity contribution is -0.367. The molecule has 0 spiro atoms. The molecule has 0 unspecified atom stereocenters. The van der Waals surface area contributed by atoms with E-state index in [4.69, 9.17) is 5.11 Å². The third-order valence-electron chi connectivity index (χ3n) is 1.79. The summed E-state index contributed by atoms with van der Waals surface area (Å²) in [4.78, 5) is 0. The van der Waals surface area contributed by atoms with Crippen LogP contribution >= 0.6 is 0 Å². The zero-order valence-corrected chi connectivity index (χ0v) is 7.18. The van der Waals surface area contributed by atoms with Crippen molar-refractivity contribution in [1.29, 1.82) is 0 Å². The highest BCUT2D eigenvalue weighted by Gasteiger charge is 2.41. The van der Waals surface area contributed by atoms with Crippen LogP contribution in [0.2, 0.25) is 0 Å². The lowest BCUT2D eigenvalue weighted by atomic mass is 10.1. The largest absolute Gasteiger partial charge is 0.396 e. The number of unbranched alkanes of at least 4 members (excludes halogenated alkanes) is 1.